The van der Waals surface area contributed by atoms with Gasteiger partial charge in [-0.3, -0.25) is 4.79 Å². The molecule has 0 bridgehead atoms. The first-order valence-corrected chi connectivity index (χ1v) is 10.4. The quantitative estimate of drug-likeness (QED) is 0.523. The minimum absolute atomic E-state index is 0.0372. The van der Waals surface area contributed by atoms with Gasteiger partial charge in [0.15, 0.2) is 27.9 Å². The molecular formula is C18H21NO7S. The lowest BCUT2D eigenvalue weighted by atomic mass is 10.2. The molecule has 8 nitrogen and oxygen atoms in total. The van der Waals surface area contributed by atoms with Gasteiger partial charge in [0.1, 0.15) is 0 Å². The van der Waals surface area contributed by atoms with Crippen LogP contribution in [0.3, 0.4) is 0 Å². The largest absolute Gasteiger partial charge is 0.454 e. The summed E-state index contributed by atoms with van der Waals surface area (Å²) in [7, 11) is -3.09. The van der Waals surface area contributed by atoms with Gasteiger partial charge in [0.2, 0.25) is 6.79 Å². The van der Waals surface area contributed by atoms with E-state index in [1.165, 1.54) is 11.0 Å². The molecule has 0 spiro atoms. The average Bonchev–Trinajstić information content (AvgIpc) is 3.24. The van der Waals surface area contributed by atoms with Crippen molar-refractivity contribution in [3.8, 4) is 11.5 Å². The van der Waals surface area contributed by atoms with Crippen molar-refractivity contribution in [2.75, 3.05) is 31.5 Å². The molecule has 0 aliphatic carbocycles. The second-order valence-electron chi connectivity index (χ2n) is 6.29. The van der Waals surface area contributed by atoms with E-state index in [2.05, 4.69) is 0 Å². The molecule has 2 aliphatic rings. The van der Waals surface area contributed by atoms with E-state index in [0.29, 0.717) is 24.5 Å². The van der Waals surface area contributed by atoms with Gasteiger partial charge >= 0.3 is 5.97 Å². The standard InChI is InChI=1S/C18H21NO7S/c1-2-19(14-7-8-27(22,23)11-14)17(20)10-24-18(21)6-4-13-3-5-15-16(9-13)26-12-25-15/h3-6,9,14H,2,7-8,10-12H2,1H3/b6-4+/t14-/m1/s1. The van der Waals surface area contributed by atoms with Crippen molar-refractivity contribution in [3.05, 3.63) is 29.8 Å². The molecule has 1 aromatic carbocycles. The van der Waals surface area contributed by atoms with E-state index < -0.39 is 28.3 Å². The molecule has 3 rings (SSSR count). The first kappa shape index (κ1) is 19.2. The Balaban J connectivity index is 1.51. The van der Waals surface area contributed by atoms with Gasteiger partial charge in [-0.2, -0.15) is 0 Å². The number of hydrogen-bond donors (Lipinski definition) is 0. The minimum atomic E-state index is -3.09. The van der Waals surface area contributed by atoms with Crippen molar-refractivity contribution in [1.29, 1.82) is 0 Å². The van der Waals surface area contributed by atoms with E-state index in [-0.39, 0.29) is 24.3 Å². The summed E-state index contributed by atoms with van der Waals surface area (Å²) in [5, 5.41) is 0. The smallest absolute Gasteiger partial charge is 0.331 e. The number of rotatable bonds is 6. The molecule has 27 heavy (non-hydrogen) atoms. The molecule has 0 saturated carbocycles. The molecule has 1 atom stereocenters. The zero-order valence-corrected chi connectivity index (χ0v) is 15.7. The van der Waals surface area contributed by atoms with Crippen molar-refractivity contribution in [3.63, 3.8) is 0 Å². The van der Waals surface area contributed by atoms with Crippen molar-refractivity contribution in [2.24, 2.45) is 0 Å². The fraction of sp³-hybridized carbons (Fsp3) is 0.444. The van der Waals surface area contributed by atoms with E-state index in [1.54, 1.807) is 31.2 Å². The number of amides is 1. The monoisotopic (exact) mass is 395 g/mol. The SMILES string of the molecule is CCN(C(=O)COC(=O)/C=C/c1ccc2c(c1)OCO2)[C@@H]1CCS(=O)(=O)C1. The molecule has 146 valence electrons. The van der Waals surface area contributed by atoms with Crippen LogP contribution in [-0.2, 0) is 24.2 Å². The highest BCUT2D eigenvalue weighted by molar-refractivity contribution is 7.91. The molecule has 0 unspecified atom stereocenters. The predicted molar refractivity (Wildman–Crippen MR) is 97.0 cm³/mol. The summed E-state index contributed by atoms with van der Waals surface area (Å²) in [4.78, 5) is 25.6. The summed E-state index contributed by atoms with van der Waals surface area (Å²) in [5.41, 5.74) is 0.730. The average molecular weight is 395 g/mol. The molecule has 1 saturated heterocycles. The normalized spacial score (nSPS) is 20.0. The first-order chi connectivity index (χ1) is 12.9. The lowest BCUT2D eigenvalue weighted by molar-refractivity contribution is -0.149. The van der Waals surface area contributed by atoms with Gasteiger partial charge in [-0.15, -0.1) is 0 Å². The number of carbonyl (C=O) groups excluding carboxylic acids is 2. The number of carbonyl (C=O) groups is 2. The summed E-state index contributed by atoms with van der Waals surface area (Å²) in [5.74, 6) is 0.240. The highest BCUT2D eigenvalue weighted by Crippen LogP contribution is 2.32. The van der Waals surface area contributed by atoms with Gasteiger partial charge in [-0.25, -0.2) is 13.2 Å². The molecule has 1 aromatic rings. The lowest BCUT2D eigenvalue weighted by Gasteiger charge is -2.26. The van der Waals surface area contributed by atoms with Crippen molar-refractivity contribution < 1.29 is 32.2 Å². The molecule has 0 aromatic heterocycles. The van der Waals surface area contributed by atoms with Crippen molar-refractivity contribution >= 4 is 27.8 Å². The fourth-order valence-corrected chi connectivity index (χ4v) is 4.84. The van der Waals surface area contributed by atoms with Crippen LogP contribution in [-0.4, -0.2) is 62.7 Å². The summed E-state index contributed by atoms with van der Waals surface area (Å²) < 4.78 is 38.6. The molecule has 1 fully saturated rings. The Morgan fingerprint density at radius 1 is 1.30 bits per heavy atom. The third kappa shape index (κ3) is 4.79. The van der Waals surface area contributed by atoms with E-state index in [1.807, 2.05) is 0 Å². The maximum atomic E-state index is 12.3. The molecule has 9 heteroatoms. The second kappa shape index (κ2) is 7.99. The second-order valence-corrected chi connectivity index (χ2v) is 8.52. The number of esters is 1. The maximum absolute atomic E-state index is 12.3. The lowest BCUT2D eigenvalue weighted by Crippen LogP contribution is -2.43. The number of fused-ring (bicyclic) bond motifs is 1. The number of ether oxygens (including phenoxy) is 3. The molecule has 2 heterocycles. The van der Waals surface area contributed by atoms with Crippen LogP contribution in [0.2, 0.25) is 0 Å². The molecule has 0 N–H and O–H groups in total. The zero-order chi connectivity index (χ0) is 19.4. The summed E-state index contributed by atoms with van der Waals surface area (Å²) in [6.45, 7) is 1.88. The molecule has 1 amide bonds. The van der Waals surface area contributed by atoms with Gasteiger partial charge in [0, 0.05) is 18.7 Å². The topological polar surface area (TPSA) is 99.2 Å². The summed E-state index contributed by atoms with van der Waals surface area (Å²) >= 11 is 0. The highest BCUT2D eigenvalue weighted by Gasteiger charge is 2.34. The molecule has 2 aliphatic heterocycles. The number of likely N-dealkylation sites (N-methyl/N-ethyl adjacent to an activating group) is 1. The van der Waals surface area contributed by atoms with E-state index >= 15 is 0 Å². The van der Waals surface area contributed by atoms with Crippen molar-refractivity contribution in [1.82, 2.24) is 4.90 Å². The Labute approximate surface area is 157 Å². The fourth-order valence-electron chi connectivity index (χ4n) is 3.10. The minimum Gasteiger partial charge on any atom is -0.454 e. The van der Waals surface area contributed by atoms with Crippen LogP contribution in [0.1, 0.15) is 18.9 Å². The maximum Gasteiger partial charge on any atom is 0.331 e. The van der Waals surface area contributed by atoms with Gasteiger partial charge in [0.25, 0.3) is 5.91 Å². The number of nitrogens with zero attached hydrogens (tertiary/aromatic N) is 1. The number of benzene rings is 1. The van der Waals surface area contributed by atoms with Gasteiger partial charge in [0.05, 0.1) is 11.5 Å². The predicted octanol–water partition coefficient (Wildman–Crippen LogP) is 1.01. The van der Waals surface area contributed by atoms with Crippen LogP contribution in [0.15, 0.2) is 24.3 Å². The Morgan fingerprint density at radius 3 is 2.78 bits per heavy atom. The van der Waals surface area contributed by atoms with Crippen molar-refractivity contribution in [2.45, 2.75) is 19.4 Å². The third-order valence-electron chi connectivity index (χ3n) is 4.46. The van der Waals surface area contributed by atoms with E-state index in [0.717, 1.165) is 5.56 Å². The Morgan fingerprint density at radius 2 is 2.07 bits per heavy atom. The van der Waals surface area contributed by atoms with Gasteiger partial charge in [-0.1, -0.05) is 6.07 Å². The zero-order valence-electron chi connectivity index (χ0n) is 14.9. The third-order valence-corrected chi connectivity index (χ3v) is 6.21. The van der Waals surface area contributed by atoms with Crippen LogP contribution in [0.4, 0.5) is 0 Å². The number of hydrogen-bond acceptors (Lipinski definition) is 7. The Bertz CT molecular complexity index is 862. The van der Waals surface area contributed by atoms with Crippen LogP contribution in [0.25, 0.3) is 6.08 Å². The van der Waals surface area contributed by atoms with E-state index in [9.17, 15) is 18.0 Å². The Hall–Kier alpha value is -2.55. The summed E-state index contributed by atoms with van der Waals surface area (Å²) in [6, 6.07) is 4.89. The number of sulfone groups is 1. The first-order valence-electron chi connectivity index (χ1n) is 8.62. The molecular weight excluding hydrogens is 374 g/mol. The highest BCUT2D eigenvalue weighted by atomic mass is 32.2. The Kier molecular flexibility index (Phi) is 5.69. The van der Waals surface area contributed by atoms with Crippen LogP contribution < -0.4 is 9.47 Å². The van der Waals surface area contributed by atoms with Crippen LogP contribution in [0.5, 0.6) is 11.5 Å². The van der Waals surface area contributed by atoms with E-state index in [4.69, 9.17) is 14.2 Å². The van der Waals surface area contributed by atoms with Crippen LogP contribution >= 0.6 is 0 Å². The van der Waals surface area contributed by atoms with Crippen LogP contribution in [0, 0.1) is 0 Å². The molecule has 0 radical (unpaired) electrons. The van der Waals surface area contributed by atoms with Gasteiger partial charge < -0.3 is 19.1 Å². The van der Waals surface area contributed by atoms with Gasteiger partial charge in [-0.05, 0) is 37.1 Å². The summed E-state index contributed by atoms with van der Waals surface area (Å²) in [6.07, 6.45) is 3.19.